The number of halogens is 1. The molecule has 1 amide bonds. The molecule has 0 aliphatic carbocycles. The van der Waals surface area contributed by atoms with Crippen LogP contribution in [0.15, 0.2) is 22.7 Å². The van der Waals surface area contributed by atoms with E-state index in [4.69, 9.17) is 5.11 Å². The Balaban J connectivity index is 2.72. The Morgan fingerprint density at radius 1 is 1.37 bits per heavy atom. The molecule has 0 fully saturated rings. The minimum atomic E-state index is -1.00. The van der Waals surface area contributed by atoms with Crippen LogP contribution < -0.4 is 5.32 Å². The molecule has 0 spiro atoms. The first-order valence-corrected chi connectivity index (χ1v) is 6.87. The molecule has 19 heavy (non-hydrogen) atoms. The average Bonchev–Trinajstić information content (AvgIpc) is 2.29. The molecule has 4 nitrogen and oxygen atoms in total. The monoisotopic (exact) mass is 327 g/mol. The molecular weight excluding hydrogens is 310 g/mol. The zero-order valence-electron chi connectivity index (χ0n) is 11.2. The Kier molecular flexibility index (Phi) is 5.54. The molecule has 104 valence electrons. The van der Waals surface area contributed by atoms with Gasteiger partial charge in [-0.1, -0.05) is 35.8 Å². The van der Waals surface area contributed by atoms with Gasteiger partial charge in [0.15, 0.2) is 0 Å². The van der Waals surface area contributed by atoms with Crippen LogP contribution in [-0.4, -0.2) is 23.0 Å². The van der Waals surface area contributed by atoms with Crippen molar-refractivity contribution >= 4 is 27.8 Å². The van der Waals surface area contributed by atoms with Gasteiger partial charge in [-0.05, 0) is 36.1 Å². The van der Waals surface area contributed by atoms with E-state index >= 15 is 0 Å². The summed E-state index contributed by atoms with van der Waals surface area (Å²) in [6, 6.07) is 4.82. The fourth-order valence-electron chi connectivity index (χ4n) is 1.77. The number of carboxylic acid groups (broad SMARTS) is 1. The number of carbonyl (C=O) groups is 2. The lowest BCUT2D eigenvalue weighted by molar-refractivity contribution is -0.143. The van der Waals surface area contributed by atoms with Gasteiger partial charge in [0.2, 0.25) is 5.91 Å². The summed E-state index contributed by atoms with van der Waals surface area (Å²) in [4.78, 5) is 22.9. The maximum Gasteiger partial charge on any atom is 0.326 e. The number of carboxylic acids is 1. The molecule has 1 rings (SSSR count). The number of nitrogens with one attached hydrogen (secondary N) is 1. The molecule has 2 N–H and O–H groups in total. The van der Waals surface area contributed by atoms with E-state index in [-0.39, 0.29) is 18.2 Å². The average molecular weight is 328 g/mol. The van der Waals surface area contributed by atoms with Crippen LogP contribution in [-0.2, 0) is 16.0 Å². The van der Waals surface area contributed by atoms with Crippen LogP contribution >= 0.6 is 15.9 Å². The smallest absolute Gasteiger partial charge is 0.326 e. The summed E-state index contributed by atoms with van der Waals surface area (Å²) >= 11 is 3.36. The second kappa shape index (κ2) is 6.70. The number of carbonyl (C=O) groups excluding carboxylic acids is 1. The lowest BCUT2D eigenvalue weighted by Gasteiger charge is -2.18. The van der Waals surface area contributed by atoms with Crippen molar-refractivity contribution in [2.75, 3.05) is 0 Å². The van der Waals surface area contributed by atoms with Crippen LogP contribution in [0.1, 0.15) is 25.0 Å². The highest BCUT2D eigenvalue weighted by Crippen LogP contribution is 2.16. The van der Waals surface area contributed by atoms with E-state index in [1.54, 1.807) is 13.8 Å². The summed E-state index contributed by atoms with van der Waals surface area (Å²) in [5.74, 6) is -1.42. The molecule has 1 aromatic carbocycles. The predicted octanol–water partition coefficient (Wildman–Crippen LogP) is 2.53. The quantitative estimate of drug-likeness (QED) is 0.873. The van der Waals surface area contributed by atoms with Crippen molar-refractivity contribution in [3.63, 3.8) is 0 Å². The molecule has 5 heteroatoms. The van der Waals surface area contributed by atoms with Crippen LogP contribution in [0.4, 0.5) is 0 Å². The van der Waals surface area contributed by atoms with E-state index in [0.717, 1.165) is 15.6 Å². The first-order valence-electron chi connectivity index (χ1n) is 6.08. The molecule has 0 aliphatic rings. The van der Waals surface area contributed by atoms with Gasteiger partial charge in [0.25, 0.3) is 0 Å². The van der Waals surface area contributed by atoms with Gasteiger partial charge in [-0.15, -0.1) is 0 Å². The maximum absolute atomic E-state index is 11.9. The van der Waals surface area contributed by atoms with Crippen molar-refractivity contribution in [2.45, 2.75) is 33.2 Å². The lowest BCUT2D eigenvalue weighted by Crippen LogP contribution is -2.44. The molecule has 0 unspecified atom stereocenters. The summed E-state index contributed by atoms with van der Waals surface area (Å²) in [7, 11) is 0. The normalized spacial score (nSPS) is 12.3. The molecule has 1 aromatic rings. The van der Waals surface area contributed by atoms with E-state index in [9.17, 15) is 9.59 Å². The van der Waals surface area contributed by atoms with Crippen molar-refractivity contribution in [1.82, 2.24) is 5.32 Å². The maximum atomic E-state index is 11.9. The number of hydrogen-bond acceptors (Lipinski definition) is 2. The van der Waals surface area contributed by atoms with E-state index in [0.29, 0.717) is 0 Å². The van der Waals surface area contributed by atoms with Gasteiger partial charge in [0.1, 0.15) is 6.04 Å². The SMILES string of the molecule is Cc1cc(Br)ccc1CC(=O)N[C@H](C(=O)O)C(C)C. The number of amides is 1. The van der Waals surface area contributed by atoms with Gasteiger partial charge in [-0.2, -0.15) is 0 Å². The second-order valence-corrected chi connectivity index (χ2v) is 5.79. The molecule has 0 saturated heterocycles. The zero-order chi connectivity index (χ0) is 14.6. The summed E-state index contributed by atoms with van der Waals surface area (Å²) in [6.45, 7) is 5.46. The molecule has 0 aliphatic heterocycles. The first kappa shape index (κ1) is 15.7. The summed E-state index contributed by atoms with van der Waals surface area (Å²) in [6.07, 6.45) is 0.190. The highest BCUT2D eigenvalue weighted by molar-refractivity contribution is 9.10. The Morgan fingerprint density at radius 3 is 2.47 bits per heavy atom. The highest BCUT2D eigenvalue weighted by atomic mass is 79.9. The summed E-state index contributed by atoms with van der Waals surface area (Å²) < 4.78 is 0.958. The topological polar surface area (TPSA) is 66.4 Å². The Labute approximate surface area is 121 Å². The Bertz CT molecular complexity index is 486. The minimum Gasteiger partial charge on any atom is -0.480 e. The van der Waals surface area contributed by atoms with Gasteiger partial charge >= 0.3 is 5.97 Å². The third kappa shape index (κ3) is 4.67. The number of rotatable bonds is 5. The van der Waals surface area contributed by atoms with Crippen molar-refractivity contribution in [2.24, 2.45) is 5.92 Å². The van der Waals surface area contributed by atoms with E-state index in [2.05, 4.69) is 21.2 Å². The van der Waals surface area contributed by atoms with Gasteiger partial charge in [0, 0.05) is 4.47 Å². The number of aryl methyl sites for hydroxylation is 1. The van der Waals surface area contributed by atoms with Crippen molar-refractivity contribution in [1.29, 1.82) is 0 Å². The molecular formula is C14H18BrNO3. The Hall–Kier alpha value is -1.36. The third-order valence-electron chi connectivity index (χ3n) is 2.90. The van der Waals surface area contributed by atoms with Gasteiger partial charge in [-0.3, -0.25) is 4.79 Å². The summed E-state index contributed by atoms with van der Waals surface area (Å²) in [5, 5.41) is 11.6. The lowest BCUT2D eigenvalue weighted by atomic mass is 10.0. The summed E-state index contributed by atoms with van der Waals surface area (Å²) in [5.41, 5.74) is 1.90. The van der Waals surface area contributed by atoms with Crippen LogP contribution in [0, 0.1) is 12.8 Å². The second-order valence-electron chi connectivity index (χ2n) is 4.88. The molecule has 0 heterocycles. The third-order valence-corrected chi connectivity index (χ3v) is 3.40. The minimum absolute atomic E-state index is 0.146. The van der Waals surface area contributed by atoms with E-state index < -0.39 is 12.0 Å². The van der Waals surface area contributed by atoms with Crippen molar-refractivity contribution in [3.05, 3.63) is 33.8 Å². The zero-order valence-corrected chi connectivity index (χ0v) is 12.8. The largest absolute Gasteiger partial charge is 0.480 e. The van der Waals surface area contributed by atoms with E-state index in [1.807, 2.05) is 25.1 Å². The standard InChI is InChI=1S/C14H18BrNO3/c1-8(2)13(14(18)19)16-12(17)7-10-4-5-11(15)6-9(10)3/h4-6,8,13H,7H2,1-3H3,(H,16,17)(H,18,19)/t13-/m0/s1. The van der Waals surface area contributed by atoms with E-state index in [1.165, 1.54) is 0 Å². The van der Waals surface area contributed by atoms with Crippen LogP contribution in [0.5, 0.6) is 0 Å². The highest BCUT2D eigenvalue weighted by Gasteiger charge is 2.23. The first-order chi connectivity index (χ1) is 8.81. The predicted molar refractivity (Wildman–Crippen MR) is 77.0 cm³/mol. The van der Waals surface area contributed by atoms with Gasteiger partial charge in [-0.25, -0.2) is 4.79 Å². The number of benzene rings is 1. The van der Waals surface area contributed by atoms with Crippen LogP contribution in [0.2, 0.25) is 0 Å². The molecule has 0 radical (unpaired) electrons. The van der Waals surface area contributed by atoms with Gasteiger partial charge in [0.05, 0.1) is 6.42 Å². The molecule has 0 saturated carbocycles. The Morgan fingerprint density at radius 2 is 2.00 bits per heavy atom. The van der Waals surface area contributed by atoms with Crippen LogP contribution in [0.3, 0.4) is 0 Å². The molecule has 0 aromatic heterocycles. The molecule has 0 bridgehead atoms. The van der Waals surface area contributed by atoms with Crippen molar-refractivity contribution in [3.8, 4) is 0 Å². The fraction of sp³-hybridized carbons (Fsp3) is 0.429. The number of aliphatic carboxylic acids is 1. The number of hydrogen-bond donors (Lipinski definition) is 2. The van der Waals surface area contributed by atoms with Crippen LogP contribution in [0.25, 0.3) is 0 Å². The van der Waals surface area contributed by atoms with Gasteiger partial charge < -0.3 is 10.4 Å². The van der Waals surface area contributed by atoms with Crippen molar-refractivity contribution < 1.29 is 14.7 Å². The fourth-order valence-corrected chi connectivity index (χ4v) is 2.24. The molecule has 1 atom stereocenters.